The van der Waals surface area contributed by atoms with Crippen LogP contribution in [0.1, 0.15) is 29.7 Å². The molecule has 1 amide bonds. The maximum Gasteiger partial charge on any atom is 0.242 e. The van der Waals surface area contributed by atoms with Crippen molar-refractivity contribution in [1.29, 1.82) is 0 Å². The molecule has 2 N–H and O–H groups in total. The van der Waals surface area contributed by atoms with Crippen LogP contribution in [0.5, 0.6) is 0 Å². The van der Waals surface area contributed by atoms with E-state index in [1.807, 2.05) is 11.9 Å². The molecule has 1 unspecified atom stereocenters. The van der Waals surface area contributed by atoms with Crippen molar-refractivity contribution >= 4 is 28.9 Å². The highest BCUT2D eigenvalue weighted by Gasteiger charge is 2.31. The van der Waals surface area contributed by atoms with Gasteiger partial charge in [0.15, 0.2) is 0 Å². The molecular weight excluding hydrogens is 360 g/mol. The van der Waals surface area contributed by atoms with Crippen LogP contribution in [-0.2, 0) is 17.9 Å². The van der Waals surface area contributed by atoms with Crippen molar-refractivity contribution in [1.82, 2.24) is 20.2 Å². The molecule has 27 heavy (non-hydrogen) atoms. The highest BCUT2D eigenvalue weighted by molar-refractivity contribution is 7.09. The van der Waals surface area contributed by atoms with Gasteiger partial charge in [-0.25, -0.2) is 9.97 Å². The second-order valence-electron chi connectivity index (χ2n) is 7.17. The summed E-state index contributed by atoms with van der Waals surface area (Å²) in [6.07, 6.45) is 4.73. The first kappa shape index (κ1) is 18.2. The van der Waals surface area contributed by atoms with E-state index in [0.717, 1.165) is 56.1 Å². The first-order chi connectivity index (χ1) is 13.2. The normalized spacial score (nSPS) is 20.8. The number of amides is 1. The average Bonchev–Trinajstić information content (AvgIpc) is 2.99. The molecule has 0 radical (unpaired) electrons. The maximum atomic E-state index is 13.0. The van der Waals surface area contributed by atoms with Gasteiger partial charge in [-0.05, 0) is 43.8 Å². The van der Waals surface area contributed by atoms with Crippen LogP contribution in [0.25, 0.3) is 0 Å². The van der Waals surface area contributed by atoms with Crippen molar-refractivity contribution in [3.8, 4) is 0 Å². The van der Waals surface area contributed by atoms with Crippen molar-refractivity contribution in [3.63, 3.8) is 0 Å². The summed E-state index contributed by atoms with van der Waals surface area (Å²) in [5, 5.41) is 8.97. The third kappa shape index (κ3) is 4.06. The molecule has 1 atom stereocenters. The SMILES string of the molecule is CN1CC(=O)N(C2CCCNCC2)Cc2c(NCc3cccs3)ncnc21. The number of nitrogens with one attached hydrogen (secondary N) is 2. The van der Waals surface area contributed by atoms with Gasteiger partial charge >= 0.3 is 0 Å². The third-order valence-electron chi connectivity index (χ3n) is 5.30. The van der Waals surface area contributed by atoms with E-state index in [9.17, 15) is 4.79 Å². The number of anilines is 2. The molecule has 144 valence electrons. The predicted octanol–water partition coefficient (Wildman–Crippen LogP) is 2.07. The van der Waals surface area contributed by atoms with Crippen LogP contribution < -0.4 is 15.5 Å². The second kappa shape index (κ2) is 8.22. The van der Waals surface area contributed by atoms with E-state index in [2.05, 4.69) is 43.0 Å². The topological polar surface area (TPSA) is 73.4 Å². The molecule has 0 spiro atoms. The van der Waals surface area contributed by atoms with Crippen molar-refractivity contribution in [2.75, 3.05) is 36.9 Å². The smallest absolute Gasteiger partial charge is 0.242 e. The molecule has 4 heterocycles. The van der Waals surface area contributed by atoms with Crippen LogP contribution in [-0.4, -0.2) is 53.5 Å². The Kier molecular flexibility index (Phi) is 5.54. The number of carbonyl (C=O) groups excluding carboxylic acids is 1. The summed E-state index contributed by atoms with van der Waals surface area (Å²) in [6, 6.07) is 4.44. The van der Waals surface area contributed by atoms with Crippen molar-refractivity contribution in [2.24, 2.45) is 0 Å². The Hall–Kier alpha value is -2.19. The summed E-state index contributed by atoms with van der Waals surface area (Å²) in [4.78, 5) is 27.2. The monoisotopic (exact) mass is 386 g/mol. The number of nitrogens with zero attached hydrogens (tertiary/aromatic N) is 4. The van der Waals surface area contributed by atoms with Crippen molar-refractivity contribution in [3.05, 3.63) is 34.3 Å². The molecule has 2 aromatic rings. The van der Waals surface area contributed by atoms with Crippen LogP contribution in [0.4, 0.5) is 11.6 Å². The molecule has 1 saturated heterocycles. The lowest BCUT2D eigenvalue weighted by Crippen LogP contribution is -2.43. The van der Waals surface area contributed by atoms with Gasteiger partial charge in [0.2, 0.25) is 5.91 Å². The van der Waals surface area contributed by atoms with Crippen LogP contribution >= 0.6 is 11.3 Å². The van der Waals surface area contributed by atoms with Crippen molar-refractivity contribution < 1.29 is 4.79 Å². The van der Waals surface area contributed by atoms with Gasteiger partial charge in [-0.15, -0.1) is 11.3 Å². The number of carbonyl (C=O) groups is 1. The number of aromatic nitrogens is 2. The number of rotatable bonds is 4. The van der Waals surface area contributed by atoms with Gasteiger partial charge in [0.1, 0.15) is 18.0 Å². The number of fused-ring (bicyclic) bond motifs is 1. The molecule has 2 aromatic heterocycles. The summed E-state index contributed by atoms with van der Waals surface area (Å²) < 4.78 is 0. The zero-order valence-electron chi connectivity index (χ0n) is 15.6. The standard InChI is InChI=1S/C19H26N6OS/c1-24-12-17(26)25(14-4-2-7-20-8-6-14)11-16-18(22-13-23-19(16)24)21-10-15-5-3-9-27-15/h3,5,9,13-14,20H,2,4,6-8,10-12H2,1H3,(H,21,22,23). The zero-order chi connectivity index (χ0) is 18.6. The fraction of sp³-hybridized carbons (Fsp3) is 0.526. The van der Waals surface area contributed by atoms with E-state index in [1.165, 1.54) is 4.88 Å². The Morgan fingerprint density at radius 2 is 2.22 bits per heavy atom. The first-order valence-corrected chi connectivity index (χ1v) is 10.4. The zero-order valence-corrected chi connectivity index (χ0v) is 16.5. The minimum Gasteiger partial charge on any atom is -0.365 e. The molecule has 0 bridgehead atoms. The maximum absolute atomic E-state index is 13.0. The quantitative estimate of drug-likeness (QED) is 0.838. The van der Waals surface area contributed by atoms with Gasteiger partial charge in [0, 0.05) is 18.0 Å². The van der Waals surface area contributed by atoms with E-state index in [1.54, 1.807) is 17.7 Å². The van der Waals surface area contributed by atoms with E-state index in [4.69, 9.17) is 0 Å². The van der Waals surface area contributed by atoms with E-state index in [0.29, 0.717) is 13.1 Å². The largest absolute Gasteiger partial charge is 0.365 e. The molecule has 0 aliphatic carbocycles. The lowest BCUT2D eigenvalue weighted by molar-refractivity contribution is -0.132. The van der Waals surface area contributed by atoms with Gasteiger partial charge < -0.3 is 20.4 Å². The molecule has 4 rings (SSSR count). The Labute approximate surface area is 163 Å². The summed E-state index contributed by atoms with van der Waals surface area (Å²) in [6.45, 7) is 3.65. The third-order valence-corrected chi connectivity index (χ3v) is 6.18. The van der Waals surface area contributed by atoms with E-state index in [-0.39, 0.29) is 11.9 Å². The average molecular weight is 387 g/mol. The highest BCUT2D eigenvalue weighted by Crippen LogP contribution is 2.30. The van der Waals surface area contributed by atoms with Gasteiger partial charge in [-0.1, -0.05) is 6.07 Å². The fourth-order valence-electron chi connectivity index (χ4n) is 3.89. The Morgan fingerprint density at radius 1 is 1.30 bits per heavy atom. The summed E-state index contributed by atoms with van der Waals surface area (Å²) in [7, 11) is 1.94. The number of likely N-dealkylation sites (N-methyl/N-ethyl adjacent to an activating group) is 1. The number of hydrogen-bond donors (Lipinski definition) is 2. The second-order valence-corrected chi connectivity index (χ2v) is 8.20. The lowest BCUT2D eigenvalue weighted by atomic mass is 10.1. The predicted molar refractivity (Wildman–Crippen MR) is 108 cm³/mol. The fourth-order valence-corrected chi connectivity index (χ4v) is 4.53. The Bertz CT molecular complexity index is 773. The highest BCUT2D eigenvalue weighted by atomic mass is 32.1. The summed E-state index contributed by atoms with van der Waals surface area (Å²) in [5.74, 6) is 1.85. The molecule has 0 aromatic carbocycles. The van der Waals surface area contributed by atoms with Crippen molar-refractivity contribution in [2.45, 2.75) is 38.4 Å². The Balaban J connectivity index is 1.61. The van der Waals surface area contributed by atoms with Gasteiger partial charge in [-0.2, -0.15) is 0 Å². The van der Waals surface area contributed by atoms with Crippen LogP contribution in [0.15, 0.2) is 23.8 Å². The number of thiophene rings is 1. The summed E-state index contributed by atoms with van der Waals surface area (Å²) >= 11 is 1.72. The molecule has 1 fully saturated rings. The van der Waals surface area contributed by atoms with Gasteiger partial charge in [-0.3, -0.25) is 4.79 Å². The van der Waals surface area contributed by atoms with E-state index < -0.39 is 0 Å². The Morgan fingerprint density at radius 3 is 3.07 bits per heavy atom. The van der Waals surface area contributed by atoms with Crippen LogP contribution in [0.2, 0.25) is 0 Å². The molecule has 2 aliphatic rings. The molecular formula is C19H26N6OS. The van der Waals surface area contributed by atoms with E-state index >= 15 is 0 Å². The van der Waals surface area contributed by atoms with Gasteiger partial charge in [0.05, 0.1) is 25.2 Å². The minimum absolute atomic E-state index is 0.173. The molecule has 7 nitrogen and oxygen atoms in total. The lowest BCUT2D eigenvalue weighted by Gasteiger charge is -2.30. The number of hydrogen-bond acceptors (Lipinski definition) is 7. The molecule has 0 saturated carbocycles. The van der Waals surface area contributed by atoms with Gasteiger partial charge in [0.25, 0.3) is 0 Å². The minimum atomic E-state index is 0.173. The summed E-state index contributed by atoms with van der Waals surface area (Å²) in [5.41, 5.74) is 1.01. The first-order valence-electron chi connectivity index (χ1n) is 9.54. The molecule has 2 aliphatic heterocycles. The molecule has 8 heteroatoms. The van der Waals surface area contributed by atoms with Crippen LogP contribution in [0, 0.1) is 0 Å². The van der Waals surface area contributed by atoms with Crippen LogP contribution in [0.3, 0.4) is 0 Å².